The van der Waals surface area contributed by atoms with Crippen LogP contribution in [0.2, 0.25) is 10.0 Å². The van der Waals surface area contributed by atoms with Gasteiger partial charge in [-0.1, -0.05) is 47.5 Å². The minimum absolute atomic E-state index is 0.0775. The second-order valence-electron chi connectivity index (χ2n) is 7.62. The lowest BCUT2D eigenvalue weighted by Gasteiger charge is -2.36. The van der Waals surface area contributed by atoms with Crippen LogP contribution in [0.5, 0.6) is 0 Å². The van der Waals surface area contributed by atoms with Crippen LogP contribution >= 0.6 is 45.9 Å². The lowest BCUT2D eigenvalue weighted by atomic mass is 10.2. The lowest BCUT2D eigenvalue weighted by Crippen LogP contribution is -2.48. The van der Waals surface area contributed by atoms with Crippen LogP contribution in [0.25, 0.3) is 10.1 Å². The standard InChI is InChI=1S/C24H19Cl2N3O2S2/c25-17-14-15(27-23(30)22-21(26)16-4-1-2-5-19(16)33-22)7-8-18(17)28-9-11-29(12-10-28)24(31)20-6-3-13-32-20/h1-8,13-14H,9-12H2,(H,27,30). The monoisotopic (exact) mass is 515 g/mol. The summed E-state index contributed by atoms with van der Waals surface area (Å²) in [6.45, 7) is 2.66. The highest BCUT2D eigenvalue weighted by atomic mass is 35.5. The van der Waals surface area contributed by atoms with Crippen LogP contribution in [0.3, 0.4) is 0 Å². The molecule has 3 heterocycles. The molecule has 1 saturated heterocycles. The van der Waals surface area contributed by atoms with E-state index in [1.165, 1.54) is 22.7 Å². The van der Waals surface area contributed by atoms with E-state index in [0.717, 1.165) is 20.7 Å². The number of benzene rings is 2. The van der Waals surface area contributed by atoms with E-state index in [4.69, 9.17) is 23.2 Å². The first kappa shape index (κ1) is 22.2. The predicted octanol–water partition coefficient (Wildman–Crippen LogP) is 6.48. The Balaban J connectivity index is 1.25. The van der Waals surface area contributed by atoms with E-state index in [1.807, 2.05) is 58.8 Å². The summed E-state index contributed by atoms with van der Waals surface area (Å²) in [5.74, 6) is -0.181. The van der Waals surface area contributed by atoms with Gasteiger partial charge in [-0.2, -0.15) is 0 Å². The fraction of sp³-hybridized carbons (Fsp3) is 0.167. The molecule has 5 nitrogen and oxygen atoms in total. The van der Waals surface area contributed by atoms with Crippen molar-refractivity contribution < 1.29 is 9.59 Å². The second kappa shape index (κ2) is 9.35. The molecule has 2 aromatic heterocycles. The van der Waals surface area contributed by atoms with Crippen LogP contribution in [-0.2, 0) is 0 Å². The highest BCUT2D eigenvalue weighted by Gasteiger charge is 2.24. The summed E-state index contributed by atoms with van der Waals surface area (Å²) in [5.41, 5.74) is 1.49. The van der Waals surface area contributed by atoms with Gasteiger partial charge in [0.15, 0.2) is 0 Å². The van der Waals surface area contributed by atoms with Crippen molar-refractivity contribution in [3.8, 4) is 0 Å². The molecule has 9 heteroatoms. The van der Waals surface area contributed by atoms with Gasteiger partial charge in [-0.05, 0) is 35.7 Å². The summed E-state index contributed by atoms with van der Waals surface area (Å²) in [6, 6.07) is 16.9. The Morgan fingerprint density at radius 1 is 0.939 bits per heavy atom. The van der Waals surface area contributed by atoms with E-state index in [2.05, 4.69) is 10.2 Å². The molecule has 0 bridgehead atoms. The van der Waals surface area contributed by atoms with Crippen LogP contribution in [-0.4, -0.2) is 42.9 Å². The third-order valence-corrected chi connectivity index (χ3v) is 8.42. The first-order chi connectivity index (χ1) is 16.0. The zero-order chi connectivity index (χ0) is 22.9. The fourth-order valence-electron chi connectivity index (χ4n) is 3.90. The van der Waals surface area contributed by atoms with Crippen molar-refractivity contribution in [1.29, 1.82) is 0 Å². The Hall–Kier alpha value is -2.58. The number of carbonyl (C=O) groups excluding carboxylic acids is 2. The average Bonchev–Trinajstić information content (AvgIpc) is 3.48. The van der Waals surface area contributed by atoms with E-state index in [-0.39, 0.29) is 11.8 Å². The molecule has 1 fully saturated rings. The number of anilines is 2. The number of hydrogen-bond donors (Lipinski definition) is 1. The largest absolute Gasteiger partial charge is 0.367 e. The Labute approximate surface area is 209 Å². The summed E-state index contributed by atoms with van der Waals surface area (Å²) in [5, 5.41) is 6.70. The normalized spacial score (nSPS) is 14.0. The topological polar surface area (TPSA) is 52.7 Å². The van der Waals surface area contributed by atoms with Gasteiger partial charge < -0.3 is 15.1 Å². The van der Waals surface area contributed by atoms with Crippen molar-refractivity contribution in [2.75, 3.05) is 36.4 Å². The average molecular weight is 516 g/mol. The van der Waals surface area contributed by atoms with Crippen molar-refractivity contribution in [2.24, 2.45) is 0 Å². The molecule has 0 unspecified atom stereocenters. The van der Waals surface area contributed by atoms with E-state index in [1.54, 1.807) is 6.07 Å². The van der Waals surface area contributed by atoms with Crippen molar-refractivity contribution in [1.82, 2.24) is 4.90 Å². The van der Waals surface area contributed by atoms with Gasteiger partial charge in [0.05, 0.1) is 20.6 Å². The van der Waals surface area contributed by atoms with Gasteiger partial charge in [-0.25, -0.2) is 0 Å². The summed E-state index contributed by atoms with van der Waals surface area (Å²) < 4.78 is 0.970. The zero-order valence-electron chi connectivity index (χ0n) is 17.4. The SMILES string of the molecule is O=C(Nc1ccc(N2CCN(C(=O)c3cccs3)CC2)c(Cl)c1)c1sc2ccccc2c1Cl. The molecule has 0 aliphatic carbocycles. The predicted molar refractivity (Wildman–Crippen MR) is 139 cm³/mol. The van der Waals surface area contributed by atoms with Crippen LogP contribution in [0.4, 0.5) is 11.4 Å². The minimum atomic E-state index is -0.259. The highest BCUT2D eigenvalue weighted by molar-refractivity contribution is 7.21. The summed E-state index contributed by atoms with van der Waals surface area (Å²) >= 11 is 15.8. The molecule has 168 valence electrons. The molecule has 4 aromatic rings. The highest BCUT2D eigenvalue weighted by Crippen LogP contribution is 2.36. The molecule has 5 rings (SSSR count). The molecule has 33 heavy (non-hydrogen) atoms. The maximum Gasteiger partial charge on any atom is 0.267 e. The Morgan fingerprint density at radius 3 is 2.42 bits per heavy atom. The third-order valence-electron chi connectivity index (χ3n) is 5.59. The Kier molecular flexibility index (Phi) is 6.29. The number of fused-ring (bicyclic) bond motifs is 1. The van der Waals surface area contributed by atoms with E-state index in [9.17, 15) is 9.59 Å². The molecule has 2 amide bonds. The summed E-state index contributed by atoms with van der Waals surface area (Å²) in [4.78, 5) is 30.7. The number of nitrogens with one attached hydrogen (secondary N) is 1. The maximum absolute atomic E-state index is 12.8. The number of amides is 2. The van der Waals surface area contributed by atoms with Crippen LogP contribution in [0.15, 0.2) is 60.0 Å². The Bertz CT molecular complexity index is 1330. The Morgan fingerprint density at radius 2 is 1.73 bits per heavy atom. The molecule has 0 atom stereocenters. The molecule has 1 aliphatic heterocycles. The molecule has 2 aromatic carbocycles. The summed E-state index contributed by atoms with van der Waals surface area (Å²) in [6.07, 6.45) is 0. The van der Waals surface area contributed by atoms with Crippen LogP contribution < -0.4 is 10.2 Å². The van der Waals surface area contributed by atoms with Gasteiger partial charge in [0.2, 0.25) is 0 Å². The molecule has 0 radical (unpaired) electrons. The van der Waals surface area contributed by atoms with Crippen LogP contribution in [0.1, 0.15) is 19.3 Å². The van der Waals surface area contributed by atoms with Gasteiger partial charge >= 0.3 is 0 Å². The van der Waals surface area contributed by atoms with Gasteiger partial charge in [0.1, 0.15) is 4.88 Å². The first-order valence-corrected chi connectivity index (χ1v) is 12.8. The molecule has 0 saturated carbocycles. The fourth-order valence-corrected chi connectivity index (χ4v) is 6.30. The third kappa shape index (κ3) is 4.46. The van der Waals surface area contributed by atoms with Gasteiger partial charge in [-0.3, -0.25) is 9.59 Å². The van der Waals surface area contributed by atoms with Crippen molar-refractivity contribution in [3.63, 3.8) is 0 Å². The van der Waals surface area contributed by atoms with Crippen molar-refractivity contribution in [3.05, 3.63) is 79.8 Å². The van der Waals surface area contributed by atoms with Gasteiger partial charge in [0.25, 0.3) is 11.8 Å². The van der Waals surface area contributed by atoms with Crippen molar-refractivity contribution >= 4 is 79.2 Å². The molecule has 1 N–H and O–H groups in total. The molecular formula is C24H19Cl2N3O2S2. The minimum Gasteiger partial charge on any atom is -0.367 e. The van der Waals surface area contributed by atoms with E-state index < -0.39 is 0 Å². The smallest absolute Gasteiger partial charge is 0.267 e. The van der Waals surface area contributed by atoms with Crippen LogP contribution in [0, 0.1) is 0 Å². The molecular weight excluding hydrogens is 497 g/mol. The number of rotatable bonds is 4. The number of piperazine rings is 1. The quantitative estimate of drug-likeness (QED) is 0.338. The maximum atomic E-state index is 12.8. The van der Waals surface area contributed by atoms with Gasteiger partial charge in [-0.15, -0.1) is 22.7 Å². The van der Waals surface area contributed by atoms with Gasteiger partial charge in [0, 0.05) is 42.0 Å². The van der Waals surface area contributed by atoms with Crippen molar-refractivity contribution in [2.45, 2.75) is 0 Å². The van der Waals surface area contributed by atoms with E-state index >= 15 is 0 Å². The zero-order valence-corrected chi connectivity index (χ0v) is 20.5. The second-order valence-corrected chi connectivity index (χ2v) is 10.4. The number of hydrogen-bond acceptors (Lipinski definition) is 5. The lowest BCUT2D eigenvalue weighted by molar-refractivity contribution is 0.0751. The van der Waals surface area contributed by atoms with E-state index in [0.29, 0.717) is 46.8 Å². The number of carbonyl (C=O) groups is 2. The molecule has 0 spiro atoms. The number of halogens is 2. The molecule has 1 aliphatic rings. The first-order valence-electron chi connectivity index (χ1n) is 10.4. The summed E-state index contributed by atoms with van der Waals surface area (Å²) in [7, 11) is 0. The number of nitrogens with zero attached hydrogens (tertiary/aromatic N) is 2. The number of thiophene rings is 2.